The summed E-state index contributed by atoms with van der Waals surface area (Å²) in [5.74, 6) is 0. The zero-order valence-corrected chi connectivity index (χ0v) is 17.2. The van der Waals surface area contributed by atoms with Crippen molar-refractivity contribution in [3.8, 4) is 0 Å². The van der Waals surface area contributed by atoms with Gasteiger partial charge in [-0.25, -0.2) is 13.1 Å². The van der Waals surface area contributed by atoms with Crippen molar-refractivity contribution in [1.29, 1.82) is 0 Å². The minimum atomic E-state index is -3.51. The van der Waals surface area contributed by atoms with Gasteiger partial charge in [-0.1, -0.05) is 30.5 Å². The maximum absolute atomic E-state index is 12.9. The summed E-state index contributed by atoms with van der Waals surface area (Å²) in [4.78, 5) is 2.82. The van der Waals surface area contributed by atoms with E-state index in [1.807, 2.05) is 26.0 Å². The Morgan fingerprint density at radius 1 is 1.12 bits per heavy atom. The molecule has 6 heteroatoms. The summed E-state index contributed by atoms with van der Waals surface area (Å²) < 4.78 is 28.6. The minimum absolute atomic E-state index is 0.0971. The van der Waals surface area contributed by atoms with Crippen LogP contribution >= 0.6 is 11.3 Å². The van der Waals surface area contributed by atoms with Crippen LogP contribution in [0.3, 0.4) is 0 Å². The predicted molar refractivity (Wildman–Crippen MR) is 108 cm³/mol. The second-order valence-electron chi connectivity index (χ2n) is 7.14. The van der Waals surface area contributed by atoms with Gasteiger partial charge in [-0.05, 0) is 73.8 Å². The summed E-state index contributed by atoms with van der Waals surface area (Å²) >= 11 is 1.67. The standard InChI is InChI=1S/C20H28N2O2S2/c1-16-7-8-20(17(2)13-16)26(23,24)21-14-19(18-9-12-25-15-18)22-10-5-3-4-6-11-22/h7-9,12-13,15,19,21H,3-6,10-11,14H2,1-2H3. The molecule has 1 aliphatic rings. The summed E-state index contributed by atoms with van der Waals surface area (Å²) in [5, 5.41) is 4.21. The van der Waals surface area contributed by atoms with Crippen LogP contribution < -0.4 is 4.72 Å². The molecule has 0 aliphatic carbocycles. The molecule has 1 aromatic heterocycles. The number of hydrogen-bond donors (Lipinski definition) is 1. The first-order chi connectivity index (χ1) is 12.5. The van der Waals surface area contributed by atoms with E-state index in [0.717, 1.165) is 24.2 Å². The molecule has 1 aliphatic heterocycles. The largest absolute Gasteiger partial charge is 0.295 e. The molecule has 1 aromatic carbocycles. The van der Waals surface area contributed by atoms with Crippen molar-refractivity contribution in [2.24, 2.45) is 0 Å². The van der Waals surface area contributed by atoms with E-state index in [9.17, 15) is 8.42 Å². The van der Waals surface area contributed by atoms with E-state index in [-0.39, 0.29) is 6.04 Å². The Labute approximate surface area is 161 Å². The average Bonchev–Trinajstić information content (AvgIpc) is 2.97. The van der Waals surface area contributed by atoms with E-state index in [2.05, 4.69) is 26.4 Å². The summed E-state index contributed by atoms with van der Waals surface area (Å²) in [7, 11) is -3.51. The van der Waals surface area contributed by atoms with E-state index in [1.165, 1.54) is 31.2 Å². The highest BCUT2D eigenvalue weighted by molar-refractivity contribution is 7.89. The Hall–Kier alpha value is -1.21. The first-order valence-corrected chi connectivity index (χ1v) is 11.7. The summed E-state index contributed by atoms with van der Waals surface area (Å²) in [6.45, 7) is 6.31. The molecule has 1 unspecified atom stereocenters. The Morgan fingerprint density at radius 2 is 1.85 bits per heavy atom. The van der Waals surface area contributed by atoms with Crippen LogP contribution in [0, 0.1) is 13.8 Å². The number of hydrogen-bond acceptors (Lipinski definition) is 4. The molecule has 0 spiro atoms. The van der Waals surface area contributed by atoms with Crippen LogP contribution in [0.25, 0.3) is 0 Å². The number of rotatable bonds is 6. The highest BCUT2D eigenvalue weighted by Crippen LogP contribution is 2.26. The molecular weight excluding hydrogens is 364 g/mol. The first kappa shape index (κ1) is 19.5. The maximum atomic E-state index is 12.9. The van der Waals surface area contributed by atoms with E-state index in [0.29, 0.717) is 11.4 Å². The van der Waals surface area contributed by atoms with Crippen molar-refractivity contribution in [1.82, 2.24) is 9.62 Å². The Bertz CT molecular complexity index is 808. The third kappa shape index (κ3) is 4.74. The fourth-order valence-corrected chi connectivity index (χ4v) is 5.67. The van der Waals surface area contributed by atoms with Gasteiger partial charge < -0.3 is 0 Å². The van der Waals surface area contributed by atoms with Crippen LogP contribution in [0.4, 0.5) is 0 Å². The van der Waals surface area contributed by atoms with E-state index < -0.39 is 10.0 Å². The second-order valence-corrected chi connectivity index (χ2v) is 9.66. The molecule has 2 heterocycles. The van der Waals surface area contributed by atoms with Gasteiger partial charge in [-0.15, -0.1) is 0 Å². The highest BCUT2D eigenvalue weighted by atomic mass is 32.2. The summed E-state index contributed by atoms with van der Waals surface area (Å²) in [6.07, 6.45) is 4.90. The van der Waals surface area contributed by atoms with Gasteiger partial charge in [0.05, 0.1) is 4.90 Å². The van der Waals surface area contributed by atoms with Crippen LogP contribution in [0.2, 0.25) is 0 Å². The topological polar surface area (TPSA) is 49.4 Å². The molecule has 0 saturated carbocycles. The number of nitrogens with zero attached hydrogens (tertiary/aromatic N) is 1. The van der Waals surface area contributed by atoms with Gasteiger partial charge >= 0.3 is 0 Å². The highest BCUT2D eigenvalue weighted by Gasteiger charge is 2.25. The molecule has 1 atom stereocenters. The molecule has 142 valence electrons. The summed E-state index contributed by atoms with van der Waals surface area (Å²) in [6, 6.07) is 7.69. The van der Waals surface area contributed by atoms with Crippen LogP contribution in [-0.4, -0.2) is 33.0 Å². The molecule has 0 bridgehead atoms. The van der Waals surface area contributed by atoms with Gasteiger partial charge in [0.25, 0.3) is 0 Å². The lowest BCUT2D eigenvalue weighted by Crippen LogP contribution is -2.38. The van der Waals surface area contributed by atoms with Gasteiger partial charge in [0.2, 0.25) is 10.0 Å². The van der Waals surface area contributed by atoms with Gasteiger partial charge in [0.15, 0.2) is 0 Å². The van der Waals surface area contributed by atoms with Crippen molar-refractivity contribution in [2.75, 3.05) is 19.6 Å². The first-order valence-electron chi connectivity index (χ1n) is 9.30. The SMILES string of the molecule is Cc1ccc(S(=O)(=O)NCC(c2ccsc2)N2CCCCCC2)c(C)c1. The van der Waals surface area contributed by atoms with Crippen molar-refractivity contribution in [2.45, 2.75) is 50.5 Å². The number of sulfonamides is 1. The van der Waals surface area contributed by atoms with Crippen molar-refractivity contribution < 1.29 is 8.42 Å². The van der Waals surface area contributed by atoms with Crippen molar-refractivity contribution >= 4 is 21.4 Å². The molecule has 2 aromatic rings. The van der Waals surface area contributed by atoms with Crippen LogP contribution in [-0.2, 0) is 10.0 Å². The third-order valence-electron chi connectivity index (χ3n) is 5.10. The second kappa shape index (κ2) is 8.65. The van der Waals surface area contributed by atoms with E-state index in [1.54, 1.807) is 17.4 Å². The monoisotopic (exact) mass is 392 g/mol. The fourth-order valence-electron chi connectivity index (χ4n) is 3.70. The average molecular weight is 393 g/mol. The molecule has 0 radical (unpaired) electrons. The molecule has 1 N–H and O–H groups in total. The maximum Gasteiger partial charge on any atom is 0.240 e. The van der Waals surface area contributed by atoms with Gasteiger partial charge in [0.1, 0.15) is 0 Å². The molecule has 0 amide bonds. The predicted octanol–water partition coefficient (Wildman–Crippen LogP) is 4.26. The number of benzene rings is 1. The summed E-state index contributed by atoms with van der Waals surface area (Å²) in [5.41, 5.74) is 3.07. The number of thiophene rings is 1. The Kier molecular flexibility index (Phi) is 6.51. The normalized spacial score (nSPS) is 17.8. The van der Waals surface area contributed by atoms with Gasteiger partial charge in [0, 0.05) is 12.6 Å². The molecule has 3 rings (SSSR count). The van der Waals surface area contributed by atoms with Crippen LogP contribution in [0.15, 0.2) is 39.9 Å². The minimum Gasteiger partial charge on any atom is -0.295 e. The lowest BCUT2D eigenvalue weighted by atomic mass is 10.1. The molecule has 1 fully saturated rings. The van der Waals surface area contributed by atoms with Crippen LogP contribution in [0.1, 0.15) is 48.4 Å². The molecule has 4 nitrogen and oxygen atoms in total. The van der Waals surface area contributed by atoms with Gasteiger partial charge in [-0.3, -0.25) is 4.90 Å². The van der Waals surface area contributed by atoms with Crippen LogP contribution in [0.5, 0.6) is 0 Å². The Morgan fingerprint density at radius 3 is 2.46 bits per heavy atom. The smallest absolute Gasteiger partial charge is 0.240 e. The number of nitrogens with one attached hydrogen (secondary N) is 1. The number of aryl methyl sites for hydroxylation is 2. The fraction of sp³-hybridized carbons (Fsp3) is 0.500. The lowest BCUT2D eigenvalue weighted by Gasteiger charge is -2.30. The van der Waals surface area contributed by atoms with Crippen molar-refractivity contribution in [3.05, 3.63) is 51.7 Å². The van der Waals surface area contributed by atoms with Crippen molar-refractivity contribution in [3.63, 3.8) is 0 Å². The molecule has 1 saturated heterocycles. The lowest BCUT2D eigenvalue weighted by molar-refractivity contribution is 0.206. The third-order valence-corrected chi connectivity index (χ3v) is 7.38. The van der Waals surface area contributed by atoms with E-state index in [4.69, 9.17) is 0 Å². The quantitative estimate of drug-likeness (QED) is 0.799. The zero-order valence-electron chi connectivity index (χ0n) is 15.6. The van der Waals surface area contributed by atoms with Gasteiger partial charge in [-0.2, -0.15) is 11.3 Å². The number of likely N-dealkylation sites (tertiary alicyclic amines) is 1. The molecule has 26 heavy (non-hydrogen) atoms. The molecular formula is C20H28N2O2S2. The van der Waals surface area contributed by atoms with E-state index >= 15 is 0 Å². The zero-order chi connectivity index (χ0) is 18.6. The Balaban J connectivity index is 1.78.